The van der Waals surface area contributed by atoms with Gasteiger partial charge in [-0.05, 0) is 39.0 Å². The lowest BCUT2D eigenvalue weighted by Crippen LogP contribution is -2.54. The summed E-state index contributed by atoms with van der Waals surface area (Å²) < 4.78 is 5.67. The molecule has 1 aromatic heterocycles. The van der Waals surface area contributed by atoms with E-state index in [1.165, 1.54) is 0 Å². The molecular weight excluding hydrogens is 454 g/mol. The molecule has 2 amide bonds. The van der Waals surface area contributed by atoms with E-state index in [0.717, 1.165) is 5.56 Å². The maximum atomic E-state index is 12.7. The van der Waals surface area contributed by atoms with E-state index in [1.54, 1.807) is 32.2 Å². The first-order valence-corrected chi connectivity index (χ1v) is 10.2. The van der Waals surface area contributed by atoms with Gasteiger partial charge in [-0.15, -0.1) is 0 Å². The number of carboxylic acid groups (broad SMARTS) is 1. The molecule has 1 aromatic carbocycles. The van der Waals surface area contributed by atoms with Gasteiger partial charge >= 0.3 is 12.1 Å². The number of carboxylic acids is 1. The largest absolute Gasteiger partial charge is 0.480 e. The number of rotatable bonds is 9. The molecule has 0 bridgehead atoms. The van der Waals surface area contributed by atoms with Crippen molar-refractivity contribution in [3.05, 3.63) is 64.4 Å². The van der Waals surface area contributed by atoms with Gasteiger partial charge in [-0.25, -0.2) is 14.6 Å². The molecule has 30 heavy (non-hydrogen) atoms. The number of pyridine rings is 1. The Bertz CT molecular complexity index is 876. The number of nitrogens with one attached hydrogen (secondary N) is 2. The van der Waals surface area contributed by atoms with E-state index < -0.39 is 30.1 Å². The van der Waals surface area contributed by atoms with E-state index in [-0.39, 0.29) is 18.9 Å². The van der Waals surface area contributed by atoms with Crippen molar-refractivity contribution in [3.63, 3.8) is 0 Å². The minimum atomic E-state index is -1.19. The van der Waals surface area contributed by atoms with Crippen molar-refractivity contribution in [2.75, 3.05) is 0 Å². The standard InChI is InChI=1S/C21H24BrN3O5/c1-13(2)17(25-21(29)30-12-14-7-4-3-5-8-14)19(26)24-16(20(27)28)11-15-9-6-10-23-18(15)22/h3-10,13,16-17H,11-12H2,1-2H3,(H,24,26)(H,25,29)(H,27,28)/t16-,17-/m1/s1. The number of amides is 2. The molecular formula is C21H24BrN3O5. The van der Waals surface area contributed by atoms with Gasteiger partial charge in [-0.2, -0.15) is 0 Å². The summed E-state index contributed by atoms with van der Waals surface area (Å²) in [5.41, 5.74) is 1.45. The van der Waals surface area contributed by atoms with Crippen LogP contribution in [0.1, 0.15) is 25.0 Å². The van der Waals surface area contributed by atoms with Gasteiger partial charge in [0.25, 0.3) is 0 Å². The Morgan fingerprint density at radius 3 is 2.40 bits per heavy atom. The molecule has 160 valence electrons. The summed E-state index contributed by atoms with van der Waals surface area (Å²) in [5, 5.41) is 14.5. The normalized spacial score (nSPS) is 12.7. The van der Waals surface area contributed by atoms with Crippen LogP contribution in [0.5, 0.6) is 0 Å². The molecule has 0 radical (unpaired) electrons. The fourth-order valence-electron chi connectivity index (χ4n) is 2.68. The number of halogens is 1. The van der Waals surface area contributed by atoms with Crippen LogP contribution in [0.3, 0.4) is 0 Å². The number of aromatic nitrogens is 1. The summed E-state index contributed by atoms with van der Waals surface area (Å²) in [4.78, 5) is 40.6. The van der Waals surface area contributed by atoms with Gasteiger partial charge in [0.05, 0.1) is 0 Å². The molecule has 0 fully saturated rings. The van der Waals surface area contributed by atoms with Gasteiger partial charge in [-0.3, -0.25) is 4.79 Å². The third-order valence-corrected chi connectivity index (χ3v) is 5.02. The number of hydrogen-bond donors (Lipinski definition) is 3. The Morgan fingerprint density at radius 2 is 1.80 bits per heavy atom. The van der Waals surface area contributed by atoms with Crippen LogP contribution >= 0.6 is 15.9 Å². The fourth-order valence-corrected chi connectivity index (χ4v) is 3.09. The Labute approximate surface area is 183 Å². The van der Waals surface area contributed by atoms with Crippen molar-refractivity contribution in [1.82, 2.24) is 15.6 Å². The highest BCUT2D eigenvalue weighted by Gasteiger charge is 2.29. The molecule has 2 aromatic rings. The van der Waals surface area contributed by atoms with Crippen molar-refractivity contribution in [2.45, 2.75) is 39.0 Å². The average molecular weight is 478 g/mol. The van der Waals surface area contributed by atoms with Crippen LogP contribution in [0.15, 0.2) is 53.3 Å². The lowest BCUT2D eigenvalue weighted by molar-refractivity contribution is -0.142. The molecule has 9 heteroatoms. The third-order valence-electron chi connectivity index (χ3n) is 4.31. The minimum absolute atomic E-state index is 0.0404. The lowest BCUT2D eigenvalue weighted by Gasteiger charge is -2.24. The highest BCUT2D eigenvalue weighted by molar-refractivity contribution is 9.10. The third kappa shape index (κ3) is 7.14. The highest BCUT2D eigenvalue weighted by Crippen LogP contribution is 2.15. The van der Waals surface area contributed by atoms with E-state index in [4.69, 9.17) is 4.74 Å². The van der Waals surface area contributed by atoms with Gasteiger partial charge in [0, 0.05) is 12.6 Å². The first-order chi connectivity index (χ1) is 14.3. The Balaban J connectivity index is 1.99. The molecule has 2 atom stereocenters. The van der Waals surface area contributed by atoms with Crippen LogP contribution in [0.2, 0.25) is 0 Å². The summed E-state index contributed by atoms with van der Waals surface area (Å²) in [6.07, 6.45) is 0.857. The maximum Gasteiger partial charge on any atom is 0.408 e. The predicted molar refractivity (Wildman–Crippen MR) is 114 cm³/mol. The molecule has 0 aliphatic rings. The SMILES string of the molecule is CC(C)[C@@H](NC(=O)OCc1ccccc1)C(=O)N[C@H](Cc1cccnc1Br)C(=O)O. The number of nitrogens with zero attached hydrogens (tertiary/aromatic N) is 1. The predicted octanol–water partition coefficient (Wildman–Crippen LogP) is 2.91. The van der Waals surface area contributed by atoms with Crippen LogP contribution < -0.4 is 10.6 Å². The fraction of sp³-hybridized carbons (Fsp3) is 0.333. The number of ether oxygens (including phenoxy) is 1. The number of carbonyl (C=O) groups is 3. The molecule has 3 N–H and O–H groups in total. The number of hydrogen-bond acceptors (Lipinski definition) is 5. The second-order valence-electron chi connectivity index (χ2n) is 6.98. The maximum absolute atomic E-state index is 12.7. The first-order valence-electron chi connectivity index (χ1n) is 9.37. The van der Waals surface area contributed by atoms with E-state index in [0.29, 0.717) is 10.2 Å². The minimum Gasteiger partial charge on any atom is -0.480 e. The van der Waals surface area contributed by atoms with E-state index in [1.807, 2.05) is 30.3 Å². The van der Waals surface area contributed by atoms with Crippen LogP contribution in [0.25, 0.3) is 0 Å². The molecule has 0 aliphatic carbocycles. The summed E-state index contributed by atoms with van der Waals surface area (Å²) in [7, 11) is 0. The summed E-state index contributed by atoms with van der Waals surface area (Å²) >= 11 is 3.27. The van der Waals surface area contributed by atoms with Crippen molar-refractivity contribution < 1.29 is 24.2 Å². The van der Waals surface area contributed by atoms with Crippen molar-refractivity contribution >= 4 is 33.9 Å². The number of alkyl carbamates (subject to hydrolysis) is 1. The van der Waals surface area contributed by atoms with Gasteiger partial charge in [-0.1, -0.05) is 50.2 Å². The first kappa shape index (κ1) is 23.3. The molecule has 2 rings (SSSR count). The molecule has 0 aliphatic heterocycles. The van der Waals surface area contributed by atoms with Gasteiger partial charge in [0.1, 0.15) is 23.3 Å². The average Bonchev–Trinajstić information content (AvgIpc) is 2.71. The number of aliphatic carboxylic acids is 1. The summed E-state index contributed by atoms with van der Waals surface area (Å²) in [6, 6.07) is 10.4. The van der Waals surface area contributed by atoms with Crippen LogP contribution in [-0.2, 0) is 27.4 Å². The number of benzene rings is 1. The smallest absolute Gasteiger partial charge is 0.408 e. The van der Waals surface area contributed by atoms with Crippen molar-refractivity contribution in [1.29, 1.82) is 0 Å². The van der Waals surface area contributed by atoms with Gasteiger partial charge < -0.3 is 20.5 Å². The topological polar surface area (TPSA) is 118 Å². The van der Waals surface area contributed by atoms with E-state index >= 15 is 0 Å². The van der Waals surface area contributed by atoms with Gasteiger partial charge in [0.2, 0.25) is 5.91 Å². The molecule has 0 saturated heterocycles. The van der Waals surface area contributed by atoms with Crippen molar-refractivity contribution in [3.8, 4) is 0 Å². The summed E-state index contributed by atoms with van der Waals surface area (Å²) in [5.74, 6) is -2.07. The molecule has 0 saturated carbocycles. The van der Waals surface area contributed by atoms with Crippen molar-refractivity contribution in [2.24, 2.45) is 5.92 Å². The monoisotopic (exact) mass is 477 g/mol. The molecule has 1 heterocycles. The zero-order valence-corrected chi connectivity index (χ0v) is 18.3. The van der Waals surface area contributed by atoms with Crippen LogP contribution in [0, 0.1) is 5.92 Å². The van der Waals surface area contributed by atoms with E-state index in [2.05, 4.69) is 31.5 Å². The van der Waals surface area contributed by atoms with Crippen LogP contribution in [0.4, 0.5) is 4.79 Å². The number of carbonyl (C=O) groups excluding carboxylic acids is 2. The Kier molecular flexibility index (Phi) is 8.79. The summed E-state index contributed by atoms with van der Waals surface area (Å²) in [6.45, 7) is 3.55. The molecule has 0 spiro atoms. The Hall–Kier alpha value is -2.94. The second-order valence-corrected chi connectivity index (χ2v) is 7.74. The quantitative estimate of drug-likeness (QED) is 0.477. The zero-order valence-electron chi connectivity index (χ0n) is 16.7. The molecule has 8 nitrogen and oxygen atoms in total. The van der Waals surface area contributed by atoms with Crippen LogP contribution in [-0.4, -0.2) is 40.1 Å². The molecule has 0 unspecified atom stereocenters. The highest BCUT2D eigenvalue weighted by atomic mass is 79.9. The zero-order chi connectivity index (χ0) is 22.1. The lowest BCUT2D eigenvalue weighted by atomic mass is 10.0. The van der Waals surface area contributed by atoms with Gasteiger partial charge in [0.15, 0.2) is 0 Å². The van der Waals surface area contributed by atoms with E-state index in [9.17, 15) is 19.5 Å². The Morgan fingerprint density at radius 1 is 1.10 bits per heavy atom. The second kappa shape index (κ2) is 11.3.